The SMILES string of the molecule is CC(Nc1c(Cl)ccc2c1CCNCC2)c1ccc(C#N)cc1.O=C(O)CCC(=O)O. The van der Waals surface area contributed by atoms with Crippen LogP contribution in [0, 0.1) is 11.3 Å². The Morgan fingerprint density at radius 3 is 2.29 bits per heavy atom. The fourth-order valence-electron chi connectivity index (χ4n) is 3.26. The number of fused-ring (bicyclic) bond motifs is 1. The summed E-state index contributed by atoms with van der Waals surface area (Å²) >= 11 is 6.47. The van der Waals surface area contributed by atoms with E-state index in [0.29, 0.717) is 5.56 Å². The summed E-state index contributed by atoms with van der Waals surface area (Å²) in [6.07, 6.45) is 1.43. The van der Waals surface area contributed by atoms with Crippen molar-refractivity contribution in [2.45, 2.75) is 38.6 Å². The Hall–Kier alpha value is -3.08. The quantitative estimate of drug-likeness (QED) is 0.532. The van der Waals surface area contributed by atoms with Crippen molar-refractivity contribution >= 4 is 29.2 Å². The first-order chi connectivity index (χ1) is 14.8. The molecule has 2 aromatic carbocycles. The molecule has 0 saturated heterocycles. The van der Waals surface area contributed by atoms with Gasteiger partial charge in [-0.25, -0.2) is 0 Å². The van der Waals surface area contributed by atoms with E-state index in [1.165, 1.54) is 11.1 Å². The number of nitrogens with one attached hydrogen (secondary N) is 2. The van der Waals surface area contributed by atoms with Crippen LogP contribution < -0.4 is 10.6 Å². The van der Waals surface area contributed by atoms with Gasteiger partial charge in [-0.1, -0.05) is 29.8 Å². The lowest BCUT2D eigenvalue weighted by atomic mass is 9.99. The van der Waals surface area contributed by atoms with E-state index >= 15 is 0 Å². The molecule has 0 amide bonds. The first kappa shape index (κ1) is 24.2. The molecule has 1 aliphatic rings. The van der Waals surface area contributed by atoms with Gasteiger partial charge < -0.3 is 20.8 Å². The van der Waals surface area contributed by atoms with Gasteiger partial charge in [0.1, 0.15) is 0 Å². The number of rotatable bonds is 6. The normalized spacial score (nSPS) is 13.5. The summed E-state index contributed by atoms with van der Waals surface area (Å²) in [5, 5.41) is 32.5. The molecule has 4 N–H and O–H groups in total. The van der Waals surface area contributed by atoms with Crippen LogP contribution in [-0.4, -0.2) is 35.2 Å². The zero-order chi connectivity index (χ0) is 22.8. The number of aliphatic carboxylic acids is 2. The third-order valence-electron chi connectivity index (χ3n) is 4.94. The van der Waals surface area contributed by atoms with E-state index in [-0.39, 0.29) is 18.9 Å². The Kier molecular flexibility index (Phi) is 9.32. The van der Waals surface area contributed by atoms with Crippen molar-refractivity contribution in [1.29, 1.82) is 5.26 Å². The van der Waals surface area contributed by atoms with Crippen LogP contribution >= 0.6 is 11.6 Å². The molecule has 8 heteroatoms. The van der Waals surface area contributed by atoms with Crippen molar-refractivity contribution in [3.8, 4) is 6.07 Å². The Morgan fingerprint density at radius 1 is 1.10 bits per heavy atom. The molecular formula is C23H26ClN3O4. The predicted molar refractivity (Wildman–Crippen MR) is 119 cm³/mol. The number of hydrogen-bond acceptors (Lipinski definition) is 5. The number of nitrogens with zero attached hydrogens (tertiary/aromatic N) is 1. The van der Waals surface area contributed by atoms with Crippen LogP contribution in [0.15, 0.2) is 36.4 Å². The average Bonchev–Trinajstić information content (AvgIpc) is 3.00. The number of carboxylic acids is 2. The Balaban J connectivity index is 0.000000366. The second kappa shape index (κ2) is 11.9. The lowest BCUT2D eigenvalue weighted by Gasteiger charge is -2.21. The second-order valence-electron chi connectivity index (χ2n) is 7.20. The van der Waals surface area contributed by atoms with Gasteiger partial charge in [0.15, 0.2) is 0 Å². The standard InChI is InChI=1S/C19H20ClN3.C4H6O4/c1-13(15-4-2-14(12-21)3-5-15)23-19-17-9-11-22-10-8-16(17)6-7-18(19)20;5-3(6)1-2-4(7)8/h2-7,13,22-23H,8-11H2,1H3;1-2H2,(H,5,6)(H,7,8). The summed E-state index contributed by atoms with van der Waals surface area (Å²) in [6, 6.07) is 14.1. The molecule has 0 aliphatic carbocycles. The van der Waals surface area contributed by atoms with Gasteiger partial charge in [-0.15, -0.1) is 0 Å². The topological polar surface area (TPSA) is 122 Å². The number of nitriles is 1. The third kappa shape index (κ3) is 7.59. The van der Waals surface area contributed by atoms with Crippen LogP contribution in [0.4, 0.5) is 5.69 Å². The van der Waals surface area contributed by atoms with E-state index in [4.69, 9.17) is 27.1 Å². The summed E-state index contributed by atoms with van der Waals surface area (Å²) < 4.78 is 0. The molecule has 0 fully saturated rings. The van der Waals surface area contributed by atoms with E-state index < -0.39 is 11.9 Å². The second-order valence-corrected chi connectivity index (χ2v) is 7.60. The highest BCUT2D eigenvalue weighted by Gasteiger charge is 2.17. The number of benzene rings is 2. The van der Waals surface area contributed by atoms with Gasteiger partial charge in [0.05, 0.1) is 35.2 Å². The summed E-state index contributed by atoms with van der Waals surface area (Å²) in [5.74, 6) is -2.15. The molecule has 31 heavy (non-hydrogen) atoms. The molecule has 1 heterocycles. The molecule has 7 nitrogen and oxygen atoms in total. The number of carboxylic acid groups (broad SMARTS) is 2. The molecule has 0 radical (unpaired) electrons. The van der Waals surface area contributed by atoms with Gasteiger partial charge in [0, 0.05) is 6.04 Å². The van der Waals surface area contributed by atoms with E-state index in [1.54, 1.807) is 0 Å². The fraction of sp³-hybridized carbons (Fsp3) is 0.348. The van der Waals surface area contributed by atoms with Crippen LogP contribution in [0.3, 0.4) is 0 Å². The molecule has 0 saturated carbocycles. The van der Waals surface area contributed by atoms with Gasteiger partial charge in [0.2, 0.25) is 0 Å². The monoisotopic (exact) mass is 443 g/mol. The van der Waals surface area contributed by atoms with Crippen molar-refractivity contribution < 1.29 is 19.8 Å². The Bertz CT molecular complexity index is 941. The highest BCUT2D eigenvalue weighted by Crippen LogP contribution is 2.33. The molecule has 0 spiro atoms. The smallest absolute Gasteiger partial charge is 0.303 e. The highest BCUT2D eigenvalue weighted by molar-refractivity contribution is 6.33. The lowest BCUT2D eigenvalue weighted by molar-refractivity contribution is -0.143. The number of hydrogen-bond donors (Lipinski definition) is 4. The first-order valence-electron chi connectivity index (χ1n) is 10.0. The van der Waals surface area contributed by atoms with Crippen molar-refractivity contribution in [3.63, 3.8) is 0 Å². The van der Waals surface area contributed by atoms with Crippen molar-refractivity contribution in [3.05, 3.63) is 63.7 Å². The summed E-state index contributed by atoms with van der Waals surface area (Å²) in [4.78, 5) is 19.3. The zero-order valence-corrected chi connectivity index (χ0v) is 18.1. The Morgan fingerprint density at radius 2 is 1.71 bits per heavy atom. The fourth-order valence-corrected chi connectivity index (χ4v) is 3.49. The summed E-state index contributed by atoms with van der Waals surface area (Å²) in [5.41, 5.74) is 5.56. The van der Waals surface area contributed by atoms with Crippen LogP contribution in [0.25, 0.3) is 0 Å². The minimum Gasteiger partial charge on any atom is -0.481 e. The van der Waals surface area contributed by atoms with Crippen molar-refractivity contribution in [1.82, 2.24) is 5.32 Å². The zero-order valence-electron chi connectivity index (χ0n) is 17.3. The number of anilines is 1. The third-order valence-corrected chi connectivity index (χ3v) is 5.25. The molecule has 0 aromatic heterocycles. The maximum Gasteiger partial charge on any atom is 0.303 e. The minimum atomic E-state index is -1.08. The van der Waals surface area contributed by atoms with Crippen LogP contribution in [0.5, 0.6) is 0 Å². The van der Waals surface area contributed by atoms with E-state index in [0.717, 1.165) is 42.2 Å². The molecule has 1 aliphatic heterocycles. The molecule has 1 atom stereocenters. The summed E-state index contributed by atoms with van der Waals surface area (Å²) in [6.45, 7) is 4.11. The molecular weight excluding hydrogens is 418 g/mol. The minimum absolute atomic E-state index is 0.128. The Labute approximate surface area is 186 Å². The van der Waals surface area contributed by atoms with Gasteiger partial charge >= 0.3 is 11.9 Å². The number of carbonyl (C=O) groups is 2. The molecule has 3 rings (SSSR count). The maximum absolute atomic E-state index is 9.64. The maximum atomic E-state index is 9.64. The van der Waals surface area contributed by atoms with E-state index in [9.17, 15) is 9.59 Å². The predicted octanol–water partition coefficient (Wildman–Crippen LogP) is 4.01. The molecule has 164 valence electrons. The summed E-state index contributed by atoms with van der Waals surface area (Å²) in [7, 11) is 0. The van der Waals surface area contributed by atoms with Gasteiger partial charge in [0.25, 0.3) is 0 Å². The largest absolute Gasteiger partial charge is 0.481 e. The van der Waals surface area contributed by atoms with E-state index in [1.807, 2.05) is 30.3 Å². The van der Waals surface area contributed by atoms with Gasteiger partial charge in [-0.2, -0.15) is 5.26 Å². The van der Waals surface area contributed by atoms with Crippen LogP contribution in [-0.2, 0) is 22.4 Å². The van der Waals surface area contributed by atoms with Crippen molar-refractivity contribution in [2.24, 2.45) is 0 Å². The van der Waals surface area contributed by atoms with Crippen LogP contribution in [0.1, 0.15) is 48.1 Å². The van der Waals surface area contributed by atoms with Gasteiger partial charge in [-0.3, -0.25) is 9.59 Å². The number of halogens is 1. The molecule has 2 aromatic rings. The molecule has 0 bridgehead atoms. The van der Waals surface area contributed by atoms with E-state index in [2.05, 4.69) is 29.7 Å². The highest BCUT2D eigenvalue weighted by atomic mass is 35.5. The van der Waals surface area contributed by atoms with Crippen molar-refractivity contribution in [2.75, 3.05) is 18.4 Å². The molecule has 1 unspecified atom stereocenters. The average molecular weight is 444 g/mol. The van der Waals surface area contributed by atoms with Crippen LogP contribution in [0.2, 0.25) is 5.02 Å². The lowest BCUT2D eigenvalue weighted by Crippen LogP contribution is -2.16. The first-order valence-corrected chi connectivity index (χ1v) is 10.4. The van der Waals surface area contributed by atoms with Gasteiger partial charge in [-0.05, 0) is 67.7 Å².